The van der Waals surface area contributed by atoms with E-state index in [1.165, 1.54) is 10.1 Å². The second-order valence-corrected chi connectivity index (χ2v) is 6.08. The summed E-state index contributed by atoms with van der Waals surface area (Å²) >= 11 is 5.09. The second-order valence-electron chi connectivity index (χ2n) is 5.70. The van der Waals surface area contributed by atoms with E-state index in [9.17, 15) is 4.79 Å². The minimum atomic E-state index is -0.171. The van der Waals surface area contributed by atoms with E-state index in [0.717, 1.165) is 18.7 Å². The van der Waals surface area contributed by atoms with Gasteiger partial charge in [-0.25, -0.2) is 0 Å². The summed E-state index contributed by atoms with van der Waals surface area (Å²) in [5.41, 5.74) is 8.72. The van der Waals surface area contributed by atoms with Crippen LogP contribution in [0.2, 0.25) is 0 Å². The predicted octanol–water partition coefficient (Wildman–Crippen LogP) is 2.76. The summed E-state index contributed by atoms with van der Waals surface area (Å²) in [6.07, 6.45) is 8.00. The van der Waals surface area contributed by atoms with Gasteiger partial charge in [0.2, 0.25) is 0 Å². The molecule has 0 aliphatic rings. The van der Waals surface area contributed by atoms with E-state index in [-0.39, 0.29) is 5.56 Å². The predicted molar refractivity (Wildman–Crippen MR) is 108 cm³/mol. The quantitative estimate of drug-likeness (QED) is 0.358. The molecule has 0 amide bonds. The van der Waals surface area contributed by atoms with Gasteiger partial charge in [0.25, 0.3) is 5.56 Å². The van der Waals surface area contributed by atoms with Gasteiger partial charge in [-0.2, -0.15) is 0 Å². The van der Waals surface area contributed by atoms with E-state index in [1.54, 1.807) is 18.5 Å². The van der Waals surface area contributed by atoms with Gasteiger partial charge in [0.1, 0.15) is 0 Å². The van der Waals surface area contributed by atoms with Crippen molar-refractivity contribution in [1.29, 1.82) is 0 Å². The zero-order valence-corrected chi connectivity index (χ0v) is 15.9. The van der Waals surface area contributed by atoms with Crippen molar-refractivity contribution in [3.63, 3.8) is 0 Å². The van der Waals surface area contributed by atoms with Gasteiger partial charge >= 0.3 is 0 Å². The number of aliphatic imine (C=N–C) groups is 1. The number of aromatic nitrogens is 2. The van der Waals surface area contributed by atoms with Crippen LogP contribution in [0.25, 0.3) is 5.70 Å². The first-order valence-corrected chi connectivity index (χ1v) is 8.62. The lowest BCUT2D eigenvalue weighted by molar-refractivity contribution is 0.690. The molecule has 25 heavy (non-hydrogen) atoms. The Morgan fingerprint density at radius 2 is 2.24 bits per heavy atom. The Morgan fingerprint density at radius 3 is 2.88 bits per heavy atom. The van der Waals surface area contributed by atoms with Crippen LogP contribution in [-0.2, 0) is 6.54 Å². The Balaban J connectivity index is 2.56. The molecule has 1 heterocycles. The first-order valence-electron chi connectivity index (χ1n) is 8.21. The topological polar surface area (TPSA) is 88.2 Å². The van der Waals surface area contributed by atoms with Crippen molar-refractivity contribution in [2.75, 3.05) is 13.1 Å². The fourth-order valence-corrected chi connectivity index (χ4v) is 2.33. The monoisotopic (exact) mass is 361 g/mol. The van der Waals surface area contributed by atoms with E-state index < -0.39 is 0 Å². The molecule has 0 unspecified atom stereocenters. The summed E-state index contributed by atoms with van der Waals surface area (Å²) in [4.78, 5) is 19.3. The van der Waals surface area contributed by atoms with Crippen LogP contribution in [0.15, 0.2) is 46.0 Å². The molecule has 0 spiro atoms. The highest BCUT2D eigenvalue weighted by Crippen LogP contribution is 2.02. The summed E-state index contributed by atoms with van der Waals surface area (Å²) in [5, 5.41) is 3.28. The summed E-state index contributed by atoms with van der Waals surface area (Å²) in [5.74, 6) is 0. The lowest BCUT2D eigenvalue weighted by Crippen LogP contribution is -2.26. The fraction of sp³-hybridized carbons (Fsp3) is 0.389. The van der Waals surface area contributed by atoms with Gasteiger partial charge in [-0.1, -0.05) is 12.2 Å². The molecule has 1 aromatic rings. The molecule has 136 valence electrons. The lowest BCUT2D eigenvalue weighted by atomic mass is 10.2. The third-order valence-corrected chi connectivity index (χ3v) is 3.84. The van der Waals surface area contributed by atoms with Crippen LogP contribution >= 0.6 is 12.2 Å². The van der Waals surface area contributed by atoms with Crippen LogP contribution in [0.1, 0.15) is 32.8 Å². The second kappa shape index (κ2) is 10.6. The molecule has 0 radical (unpaired) electrons. The van der Waals surface area contributed by atoms with Crippen LogP contribution in [0.5, 0.6) is 0 Å². The SMILES string of the molecule is C=C(C)N=C/C=C(\C)CCNC/C=C(\N)c1c[nH]c(=S)n(CC)c1=O. The van der Waals surface area contributed by atoms with Crippen molar-refractivity contribution in [2.24, 2.45) is 10.7 Å². The van der Waals surface area contributed by atoms with Gasteiger partial charge in [-0.3, -0.25) is 14.4 Å². The number of aromatic amines is 1. The molecular formula is C18H27N5OS. The maximum absolute atomic E-state index is 12.3. The highest BCUT2D eigenvalue weighted by Gasteiger charge is 2.06. The zero-order chi connectivity index (χ0) is 18.8. The molecule has 0 aliphatic heterocycles. The van der Waals surface area contributed by atoms with Gasteiger partial charge in [0, 0.05) is 36.9 Å². The third-order valence-electron chi connectivity index (χ3n) is 3.50. The van der Waals surface area contributed by atoms with Crippen molar-refractivity contribution in [1.82, 2.24) is 14.9 Å². The largest absolute Gasteiger partial charge is 0.398 e. The molecule has 0 atom stereocenters. The Bertz CT molecular complexity index is 798. The maximum Gasteiger partial charge on any atom is 0.263 e. The van der Waals surface area contributed by atoms with Crippen molar-refractivity contribution < 1.29 is 0 Å². The van der Waals surface area contributed by atoms with E-state index in [2.05, 4.69) is 28.8 Å². The Kier molecular flexibility index (Phi) is 8.80. The van der Waals surface area contributed by atoms with Crippen LogP contribution in [0, 0.1) is 4.77 Å². The molecule has 1 rings (SSSR count). The Labute approximate surface area is 153 Å². The van der Waals surface area contributed by atoms with Crippen LogP contribution in [-0.4, -0.2) is 28.9 Å². The molecule has 0 fully saturated rings. The third kappa shape index (κ3) is 7.03. The first kappa shape index (κ1) is 20.8. The highest BCUT2D eigenvalue weighted by atomic mass is 32.1. The number of nitrogens with zero attached hydrogens (tertiary/aromatic N) is 2. The molecule has 0 aromatic carbocycles. The van der Waals surface area contributed by atoms with E-state index in [0.29, 0.717) is 29.1 Å². The number of nitrogens with one attached hydrogen (secondary N) is 2. The minimum absolute atomic E-state index is 0.171. The molecule has 0 saturated heterocycles. The van der Waals surface area contributed by atoms with Gasteiger partial charge < -0.3 is 16.0 Å². The smallest absolute Gasteiger partial charge is 0.263 e. The number of rotatable bonds is 9. The van der Waals surface area contributed by atoms with Crippen molar-refractivity contribution in [2.45, 2.75) is 33.7 Å². The molecule has 0 aliphatic carbocycles. The van der Waals surface area contributed by atoms with E-state index >= 15 is 0 Å². The molecule has 0 saturated carbocycles. The number of allylic oxidation sites excluding steroid dienone is 2. The number of hydrogen-bond donors (Lipinski definition) is 3. The molecule has 0 bridgehead atoms. The van der Waals surface area contributed by atoms with Crippen LogP contribution in [0.4, 0.5) is 0 Å². The Hall–Kier alpha value is -2.25. The standard InChI is InChI=1S/C18H27N5OS/c1-5-23-17(24)15(12-22-18(23)25)16(19)8-10-20-9-6-14(4)7-11-21-13(2)3/h7-8,11-12,20H,2,5-6,9-10,19H2,1,3-4H3,(H,22,25)/b14-7+,16-8-,21-11?. The van der Waals surface area contributed by atoms with Gasteiger partial charge in [-0.05, 0) is 58.1 Å². The minimum Gasteiger partial charge on any atom is -0.398 e. The fourth-order valence-electron chi connectivity index (χ4n) is 2.06. The molecule has 1 aromatic heterocycles. The van der Waals surface area contributed by atoms with Gasteiger partial charge in [-0.15, -0.1) is 0 Å². The van der Waals surface area contributed by atoms with Gasteiger partial charge in [0.05, 0.1) is 5.56 Å². The van der Waals surface area contributed by atoms with Crippen LogP contribution in [0.3, 0.4) is 0 Å². The van der Waals surface area contributed by atoms with Gasteiger partial charge in [0.15, 0.2) is 4.77 Å². The average molecular weight is 362 g/mol. The zero-order valence-electron chi connectivity index (χ0n) is 15.1. The maximum atomic E-state index is 12.3. The number of H-pyrrole nitrogens is 1. The van der Waals surface area contributed by atoms with Crippen molar-refractivity contribution in [3.05, 3.63) is 56.9 Å². The number of hydrogen-bond acceptors (Lipinski definition) is 5. The molecular weight excluding hydrogens is 334 g/mol. The normalized spacial score (nSPS) is 12.8. The summed E-state index contributed by atoms with van der Waals surface area (Å²) in [6.45, 7) is 11.4. The highest BCUT2D eigenvalue weighted by molar-refractivity contribution is 7.71. The van der Waals surface area contributed by atoms with Crippen molar-refractivity contribution >= 4 is 24.1 Å². The molecule has 7 heteroatoms. The summed E-state index contributed by atoms with van der Waals surface area (Å²) < 4.78 is 1.89. The average Bonchev–Trinajstić information content (AvgIpc) is 2.54. The summed E-state index contributed by atoms with van der Waals surface area (Å²) in [7, 11) is 0. The molecule has 4 N–H and O–H groups in total. The lowest BCUT2D eigenvalue weighted by Gasteiger charge is -2.07. The van der Waals surface area contributed by atoms with E-state index in [1.807, 2.05) is 19.9 Å². The van der Waals surface area contributed by atoms with Crippen molar-refractivity contribution in [3.8, 4) is 0 Å². The number of nitrogens with two attached hydrogens (primary N) is 1. The van der Waals surface area contributed by atoms with E-state index in [4.69, 9.17) is 18.0 Å². The summed E-state index contributed by atoms with van der Waals surface area (Å²) in [6, 6.07) is 0. The Morgan fingerprint density at radius 1 is 1.52 bits per heavy atom. The first-order chi connectivity index (χ1) is 11.9. The van der Waals surface area contributed by atoms with Crippen LogP contribution < -0.4 is 16.6 Å². The molecule has 6 nitrogen and oxygen atoms in total.